The Morgan fingerprint density at radius 1 is 1.52 bits per heavy atom. The molecule has 0 amide bonds. The highest BCUT2D eigenvalue weighted by Crippen LogP contribution is 2.30. The lowest BCUT2D eigenvalue weighted by Gasteiger charge is -2.28. The number of ether oxygens (including phenoxy) is 1. The summed E-state index contributed by atoms with van der Waals surface area (Å²) >= 11 is 1.51. The van der Waals surface area contributed by atoms with E-state index in [-0.39, 0.29) is 11.2 Å². The Kier molecular flexibility index (Phi) is 4.90. The van der Waals surface area contributed by atoms with Gasteiger partial charge in [-0.1, -0.05) is 30.8 Å². The molecule has 1 aromatic heterocycles. The molecular formula is C15H20N2O3S. The normalized spacial score (nSPS) is 15.6. The van der Waals surface area contributed by atoms with Crippen molar-refractivity contribution in [2.75, 3.05) is 14.2 Å². The molecule has 2 rings (SSSR count). The van der Waals surface area contributed by atoms with Crippen molar-refractivity contribution in [3.8, 4) is 0 Å². The third-order valence-electron chi connectivity index (χ3n) is 3.46. The second-order valence-electron chi connectivity index (χ2n) is 5.15. The van der Waals surface area contributed by atoms with Crippen LogP contribution < -0.4 is 5.32 Å². The molecule has 1 aromatic carbocycles. The summed E-state index contributed by atoms with van der Waals surface area (Å²) in [6.07, 6.45) is 0.611. The van der Waals surface area contributed by atoms with E-state index in [0.717, 1.165) is 11.1 Å². The molecule has 2 aromatic rings. The number of aromatic nitrogens is 1. The first-order valence-corrected chi connectivity index (χ1v) is 7.66. The van der Waals surface area contributed by atoms with Gasteiger partial charge in [0.25, 0.3) is 5.22 Å². The molecule has 0 saturated heterocycles. The van der Waals surface area contributed by atoms with Crippen LogP contribution in [0.1, 0.15) is 20.3 Å². The van der Waals surface area contributed by atoms with E-state index >= 15 is 0 Å². The Balaban J connectivity index is 2.06. The highest BCUT2D eigenvalue weighted by molar-refractivity contribution is 7.99. The number of nitrogens with zero attached hydrogens (tertiary/aromatic N) is 1. The quantitative estimate of drug-likeness (QED) is 0.654. The molecule has 0 aliphatic heterocycles. The molecule has 114 valence electrons. The summed E-state index contributed by atoms with van der Waals surface area (Å²) in [5.74, 6) is -0.269. The molecule has 6 heteroatoms. The molecule has 0 fully saturated rings. The highest BCUT2D eigenvalue weighted by atomic mass is 32.2. The van der Waals surface area contributed by atoms with E-state index in [1.54, 1.807) is 7.05 Å². The van der Waals surface area contributed by atoms with Gasteiger partial charge in [0.15, 0.2) is 5.58 Å². The summed E-state index contributed by atoms with van der Waals surface area (Å²) in [4.78, 5) is 16.3. The maximum atomic E-state index is 11.9. The minimum atomic E-state index is -0.715. The molecule has 5 nitrogen and oxygen atoms in total. The first-order valence-electron chi connectivity index (χ1n) is 6.78. The number of rotatable bonds is 6. The van der Waals surface area contributed by atoms with Crippen LogP contribution >= 0.6 is 11.8 Å². The fraction of sp³-hybridized carbons (Fsp3) is 0.467. The van der Waals surface area contributed by atoms with Gasteiger partial charge in [0.05, 0.1) is 7.11 Å². The van der Waals surface area contributed by atoms with Gasteiger partial charge in [-0.05, 0) is 32.5 Å². The second-order valence-corrected chi connectivity index (χ2v) is 6.54. The van der Waals surface area contributed by atoms with Crippen LogP contribution in [0.3, 0.4) is 0 Å². The zero-order valence-corrected chi connectivity index (χ0v) is 13.5. The molecule has 2 atom stereocenters. The molecule has 1 heterocycles. The molecule has 2 unspecified atom stereocenters. The van der Waals surface area contributed by atoms with Crippen LogP contribution in [0.5, 0.6) is 0 Å². The number of hydrogen-bond acceptors (Lipinski definition) is 6. The van der Waals surface area contributed by atoms with Crippen molar-refractivity contribution in [3.05, 3.63) is 24.3 Å². The number of benzene rings is 1. The zero-order valence-electron chi connectivity index (χ0n) is 12.7. The standard InChI is InChI=1S/C15H20N2O3S/c1-10(9-15(2,16-3)13(18)19-4)21-14-17-11-7-5-6-8-12(11)20-14/h5-8,10,16H,9H2,1-4H3. The molecule has 0 aliphatic rings. The maximum Gasteiger partial charge on any atom is 0.325 e. The molecule has 0 spiro atoms. The summed E-state index contributed by atoms with van der Waals surface area (Å²) in [6.45, 7) is 3.88. The molecule has 0 saturated carbocycles. The second kappa shape index (κ2) is 6.49. The van der Waals surface area contributed by atoms with Crippen LogP contribution in [-0.2, 0) is 9.53 Å². The SMILES string of the molecule is CNC(C)(CC(C)Sc1nc2ccccc2o1)C(=O)OC. The third kappa shape index (κ3) is 3.57. The number of thioether (sulfide) groups is 1. The van der Waals surface area contributed by atoms with E-state index in [0.29, 0.717) is 11.6 Å². The Labute approximate surface area is 128 Å². The van der Waals surface area contributed by atoms with Crippen molar-refractivity contribution in [3.63, 3.8) is 0 Å². The highest BCUT2D eigenvalue weighted by Gasteiger charge is 2.34. The van der Waals surface area contributed by atoms with E-state index in [4.69, 9.17) is 9.15 Å². The van der Waals surface area contributed by atoms with Gasteiger partial charge in [-0.3, -0.25) is 4.79 Å². The number of methoxy groups -OCH3 is 1. The topological polar surface area (TPSA) is 64.4 Å². The van der Waals surface area contributed by atoms with Crippen molar-refractivity contribution in [2.24, 2.45) is 0 Å². The fourth-order valence-electron chi connectivity index (χ4n) is 2.20. The van der Waals surface area contributed by atoms with Crippen LogP contribution in [0.25, 0.3) is 11.1 Å². The Bertz CT molecular complexity index is 595. The van der Waals surface area contributed by atoms with Crippen molar-refractivity contribution in [2.45, 2.75) is 36.3 Å². The van der Waals surface area contributed by atoms with Gasteiger partial charge >= 0.3 is 5.97 Å². The predicted octanol–water partition coefficient (Wildman–Crippen LogP) is 2.85. The van der Waals surface area contributed by atoms with Gasteiger partial charge in [0.2, 0.25) is 0 Å². The third-order valence-corrected chi connectivity index (χ3v) is 4.40. The number of para-hydroxylation sites is 2. The number of nitrogens with one attached hydrogen (secondary N) is 1. The number of oxazole rings is 1. The van der Waals surface area contributed by atoms with Gasteiger partial charge < -0.3 is 14.5 Å². The summed E-state index contributed by atoms with van der Waals surface area (Å²) in [5, 5.41) is 3.80. The molecular weight excluding hydrogens is 288 g/mol. The van der Waals surface area contributed by atoms with E-state index in [9.17, 15) is 4.79 Å². The van der Waals surface area contributed by atoms with Gasteiger partial charge in [-0.2, -0.15) is 0 Å². The monoisotopic (exact) mass is 308 g/mol. The first kappa shape index (κ1) is 15.9. The number of fused-ring (bicyclic) bond motifs is 1. The largest absolute Gasteiger partial charge is 0.468 e. The van der Waals surface area contributed by atoms with Gasteiger partial charge in [-0.25, -0.2) is 4.98 Å². The minimum Gasteiger partial charge on any atom is -0.468 e. The fourth-order valence-corrected chi connectivity index (χ4v) is 3.25. The van der Waals surface area contributed by atoms with Crippen molar-refractivity contribution in [1.82, 2.24) is 10.3 Å². The molecule has 0 aliphatic carbocycles. The van der Waals surface area contributed by atoms with Crippen LogP contribution in [0.4, 0.5) is 0 Å². The number of hydrogen-bond donors (Lipinski definition) is 1. The lowest BCUT2D eigenvalue weighted by Crippen LogP contribution is -2.49. The van der Waals surface area contributed by atoms with Crippen molar-refractivity contribution in [1.29, 1.82) is 0 Å². The van der Waals surface area contributed by atoms with Crippen LogP contribution in [0.15, 0.2) is 33.9 Å². The predicted molar refractivity (Wildman–Crippen MR) is 83.4 cm³/mol. The zero-order chi connectivity index (χ0) is 15.5. The smallest absolute Gasteiger partial charge is 0.325 e. The average molecular weight is 308 g/mol. The Hall–Kier alpha value is -1.53. The van der Waals surface area contributed by atoms with Crippen LogP contribution in [0.2, 0.25) is 0 Å². The molecule has 21 heavy (non-hydrogen) atoms. The van der Waals surface area contributed by atoms with Crippen LogP contribution in [0, 0.1) is 0 Å². The lowest BCUT2D eigenvalue weighted by atomic mass is 9.96. The first-order chi connectivity index (χ1) is 9.98. The minimum absolute atomic E-state index is 0.148. The van der Waals surface area contributed by atoms with Crippen LogP contribution in [-0.4, -0.2) is 35.9 Å². The maximum absolute atomic E-state index is 11.9. The van der Waals surface area contributed by atoms with E-state index < -0.39 is 5.54 Å². The lowest BCUT2D eigenvalue weighted by molar-refractivity contribution is -0.147. The molecule has 1 N–H and O–H groups in total. The molecule has 0 radical (unpaired) electrons. The summed E-state index contributed by atoms with van der Waals surface area (Å²) < 4.78 is 10.5. The average Bonchev–Trinajstić information content (AvgIpc) is 2.87. The van der Waals surface area contributed by atoms with Crippen molar-refractivity contribution >= 4 is 28.8 Å². The van der Waals surface area contributed by atoms with E-state index in [2.05, 4.69) is 10.3 Å². The summed E-state index contributed by atoms with van der Waals surface area (Å²) in [5.41, 5.74) is 0.904. The summed E-state index contributed by atoms with van der Waals surface area (Å²) in [6, 6.07) is 7.65. The Morgan fingerprint density at radius 2 is 2.24 bits per heavy atom. The van der Waals surface area contributed by atoms with E-state index in [1.807, 2.05) is 38.1 Å². The molecule has 0 bridgehead atoms. The number of carbonyl (C=O) groups is 1. The number of esters is 1. The van der Waals surface area contributed by atoms with Crippen molar-refractivity contribution < 1.29 is 13.9 Å². The van der Waals surface area contributed by atoms with Gasteiger partial charge in [0.1, 0.15) is 11.1 Å². The van der Waals surface area contributed by atoms with E-state index in [1.165, 1.54) is 18.9 Å². The number of likely N-dealkylation sites (N-methyl/N-ethyl adjacent to an activating group) is 1. The van der Waals surface area contributed by atoms with Gasteiger partial charge in [-0.15, -0.1) is 0 Å². The Morgan fingerprint density at radius 3 is 2.86 bits per heavy atom. The summed E-state index contributed by atoms with van der Waals surface area (Å²) in [7, 11) is 3.16. The van der Waals surface area contributed by atoms with Gasteiger partial charge in [0, 0.05) is 5.25 Å². The number of carbonyl (C=O) groups excluding carboxylic acids is 1.